The monoisotopic (exact) mass is 385 g/mol. The normalized spacial score (nSPS) is 14.3. The minimum absolute atomic E-state index is 0.507. The third kappa shape index (κ3) is 3.87. The first-order valence-electron chi connectivity index (χ1n) is 7.59. The molecule has 3 nitrogen and oxygen atoms in total. The lowest BCUT2D eigenvalue weighted by Gasteiger charge is -2.30. The van der Waals surface area contributed by atoms with Crippen LogP contribution in [0, 0.1) is 11.3 Å². The van der Waals surface area contributed by atoms with E-state index in [1.54, 1.807) is 11.8 Å². The van der Waals surface area contributed by atoms with E-state index in [9.17, 15) is 5.26 Å². The smallest absolute Gasteiger partial charge is 0.141 e. The summed E-state index contributed by atoms with van der Waals surface area (Å²) in [4.78, 5) is 8.04. The number of thioether (sulfide) groups is 2. The van der Waals surface area contributed by atoms with Gasteiger partial charge in [-0.05, 0) is 61.0 Å². The van der Waals surface area contributed by atoms with Crippen LogP contribution >= 0.6 is 35.1 Å². The first-order chi connectivity index (χ1) is 12.2. The molecule has 0 aromatic heterocycles. The average Bonchev–Trinajstić information content (AvgIpc) is 2.67. The molecule has 6 heteroatoms. The molecule has 1 heterocycles. The molecule has 1 aliphatic heterocycles. The third-order valence-electron chi connectivity index (χ3n) is 3.85. The van der Waals surface area contributed by atoms with E-state index in [0.29, 0.717) is 17.1 Å². The second kappa shape index (κ2) is 8.01. The molecule has 1 aliphatic rings. The van der Waals surface area contributed by atoms with Crippen molar-refractivity contribution in [2.24, 2.45) is 4.99 Å². The van der Waals surface area contributed by atoms with E-state index in [0.717, 1.165) is 22.1 Å². The highest BCUT2D eigenvalue weighted by molar-refractivity contribution is 8.02. The largest absolute Gasteiger partial charge is 0.321 e. The number of benzene rings is 2. The first kappa shape index (κ1) is 17.9. The molecule has 0 saturated heterocycles. The minimum Gasteiger partial charge on any atom is -0.321 e. The summed E-state index contributed by atoms with van der Waals surface area (Å²) in [6.45, 7) is 0.507. The van der Waals surface area contributed by atoms with Gasteiger partial charge in [0.25, 0.3) is 0 Å². The predicted octanol–water partition coefficient (Wildman–Crippen LogP) is 5.43. The number of nitrogens with zero attached hydrogens (tertiary/aromatic N) is 3. The van der Waals surface area contributed by atoms with Crippen molar-refractivity contribution in [2.75, 3.05) is 24.0 Å². The molecular formula is C19H16ClN3S2. The Morgan fingerprint density at radius 3 is 2.28 bits per heavy atom. The van der Waals surface area contributed by atoms with Gasteiger partial charge in [-0.2, -0.15) is 5.26 Å². The lowest BCUT2D eigenvalue weighted by atomic mass is 10.1. The van der Waals surface area contributed by atoms with Crippen LogP contribution in [0.4, 0.5) is 5.69 Å². The Morgan fingerprint density at radius 1 is 1.04 bits per heavy atom. The summed E-state index contributed by atoms with van der Waals surface area (Å²) >= 11 is 9.23. The highest BCUT2D eigenvalue weighted by Gasteiger charge is 2.24. The number of halogens is 1. The van der Waals surface area contributed by atoms with Crippen molar-refractivity contribution in [2.45, 2.75) is 4.90 Å². The molecule has 2 aromatic rings. The highest BCUT2D eigenvalue weighted by Crippen LogP contribution is 2.30. The van der Waals surface area contributed by atoms with Crippen LogP contribution in [0.15, 0.2) is 69.0 Å². The van der Waals surface area contributed by atoms with Crippen LogP contribution in [0.25, 0.3) is 0 Å². The lowest BCUT2D eigenvalue weighted by Crippen LogP contribution is -2.36. The Kier molecular flexibility index (Phi) is 5.74. The van der Waals surface area contributed by atoms with Gasteiger partial charge in [-0.3, -0.25) is 0 Å². The quantitative estimate of drug-likeness (QED) is 0.658. The molecular weight excluding hydrogens is 370 g/mol. The third-order valence-corrected chi connectivity index (χ3v) is 5.57. The van der Waals surface area contributed by atoms with Crippen LogP contribution in [0.3, 0.4) is 0 Å². The predicted molar refractivity (Wildman–Crippen MR) is 110 cm³/mol. The molecule has 3 rings (SSSR count). The molecule has 25 heavy (non-hydrogen) atoms. The van der Waals surface area contributed by atoms with Gasteiger partial charge >= 0.3 is 0 Å². The molecule has 0 fully saturated rings. The molecule has 126 valence electrons. The molecule has 0 aliphatic carbocycles. The van der Waals surface area contributed by atoms with E-state index in [4.69, 9.17) is 16.6 Å². The van der Waals surface area contributed by atoms with E-state index < -0.39 is 0 Å². The molecule has 0 N–H and O–H groups in total. The van der Waals surface area contributed by atoms with E-state index in [-0.39, 0.29) is 0 Å². The van der Waals surface area contributed by atoms with E-state index in [1.165, 1.54) is 16.7 Å². The fraction of sp³-hybridized carbons (Fsp3) is 0.158. The number of nitriles is 1. The zero-order chi connectivity index (χ0) is 17.8. The second-order valence-corrected chi connectivity index (χ2v) is 7.44. The Morgan fingerprint density at radius 2 is 1.72 bits per heavy atom. The van der Waals surface area contributed by atoms with E-state index in [2.05, 4.69) is 41.5 Å². The summed E-state index contributed by atoms with van der Waals surface area (Å²) in [5.41, 5.74) is 2.67. The van der Waals surface area contributed by atoms with Crippen molar-refractivity contribution >= 4 is 46.6 Å². The molecule has 2 aromatic carbocycles. The van der Waals surface area contributed by atoms with Crippen LogP contribution in [-0.4, -0.2) is 24.9 Å². The lowest BCUT2D eigenvalue weighted by molar-refractivity contribution is 1.05. The standard InChI is InChI=1S/C19H16ClN3S2/c1-24-17-9-7-16(8-10-17)23-12-14(11-21)19(25-2)22-18(23)13-3-5-15(20)6-4-13/h3-10H,12H2,1-2H3. The van der Waals surface area contributed by atoms with E-state index >= 15 is 0 Å². The molecule has 0 bridgehead atoms. The maximum atomic E-state index is 9.49. The van der Waals surface area contributed by atoms with Crippen molar-refractivity contribution in [3.05, 3.63) is 69.7 Å². The van der Waals surface area contributed by atoms with Crippen LogP contribution in [0.2, 0.25) is 5.02 Å². The first-order valence-corrected chi connectivity index (χ1v) is 10.4. The zero-order valence-corrected chi connectivity index (χ0v) is 16.3. The van der Waals surface area contributed by atoms with Gasteiger partial charge < -0.3 is 4.90 Å². The number of anilines is 1. The fourth-order valence-electron chi connectivity index (χ4n) is 2.57. The maximum absolute atomic E-state index is 9.49. The minimum atomic E-state index is 0.507. The van der Waals surface area contributed by atoms with Gasteiger partial charge in [0.05, 0.1) is 18.2 Å². The van der Waals surface area contributed by atoms with Crippen LogP contribution < -0.4 is 4.90 Å². The molecule has 0 radical (unpaired) electrons. The summed E-state index contributed by atoms with van der Waals surface area (Å²) in [6.07, 6.45) is 4.00. The molecule has 0 amide bonds. The highest BCUT2D eigenvalue weighted by atomic mass is 35.5. The van der Waals surface area contributed by atoms with Crippen molar-refractivity contribution in [3.63, 3.8) is 0 Å². The Bertz CT molecular complexity index is 865. The van der Waals surface area contributed by atoms with Gasteiger partial charge in [0.2, 0.25) is 0 Å². The molecule has 0 saturated carbocycles. The number of aliphatic imine (C=N–C) groups is 1. The van der Waals surface area contributed by atoms with Gasteiger partial charge in [-0.15, -0.1) is 23.5 Å². The molecule has 0 spiro atoms. The van der Waals surface area contributed by atoms with Gasteiger partial charge in [0.1, 0.15) is 10.9 Å². The summed E-state index contributed by atoms with van der Waals surface area (Å²) in [7, 11) is 0. The molecule has 0 unspecified atom stereocenters. The Hall–Kier alpha value is -1.87. The van der Waals surface area contributed by atoms with Crippen LogP contribution in [0.1, 0.15) is 5.56 Å². The summed E-state index contributed by atoms with van der Waals surface area (Å²) in [5.74, 6) is 0.830. The van der Waals surface area contributed by atoms with Crippen molar-refractivity contribution in [1.82, 2.24) is 0 Å². The van der Waals surface area contributed by atoms with Gasteiger partial charge in [-0.25, -0.2) is 4.99 Å². The second-order valence-electron chi connectivity index (χ2n) is 5.33. The average molecular weight is 386 g/mol. The fourth-order valence-corrected chi connectivity index (χ4v) is 3.64. The van der Waals surface area contributed by atoms with E-state index in [1.807, 2.05) is 30.5 Å². The summed E-state index contributed by atoms with van der Waals surface area (Å²) in [6, 6.07) is 18.2. The topological polar surface area (TPSA) is 39.4 Å². The number of amidine groups is 1. The number of rotatable bonds is 4. The van der Waals surface area contributed by atoms with Crippen LogP contribution in [0.5, 0.6) is 0 Å². The Balaban J connectivity index is 2.08. The van der Waals surface area contributed by atoms with Crippen molar-refractivity contribution in [3.8, 4) is 6.07 Å². The number of hydrogen-bond donors (Lipinski definition) is 0. The van der Waals surface area contributed by atoms with Crippen LogP contribution in [-0.2, 0) is 0 Å². The summed E-state index contributed by atoms with van der Waals surface area (Å²) < 4.78 is 0. The zero-order valence-electron chi connectivity index (χ0n) is 13.9. The Labute approximate surface area is 161 Å². The SMILES string of the molecule is CSC1=C(C#N)CN(c2ccc(SC)cc2)C(c2ccc(Cl)cc2)=N1. The van der Waals surface area contributed by atoms with Crippen molar-refractivity contribution < 1.29 is 0 Å². The van der Waals surface area contributed by atoms with Gasteiger partial charge in [0.15, 0.2) is 0 Å². The summed E-state index contributed by atoms with van der Waals surface area (Å²) in [5, 5.41) is 11.0. The number of hydrogen-bond acceptors (Lipinski definition) is 5. The van der Waals surface area contributed by atoms with Gasteiger partial charge in [-0.1, -0.05) is 11.6 Å². The van der Waals surface area contributed by atoms with Crippen molar-refractivity contribution in [1.29, 1.82) is 5.26 Å². The van der Waals surface area contributed by atoms with Gasteiger partial charge in [0, 0.05) is 21.2 Å². The molecule has 0 atom stereocenters. The maximum Gasteiger partial charge on any atom is 0.141 e.